The van der Waals surface area contributed by atoms with Gasteiger partial charge < -0.3 is 5.11 Å². The molecule has 0 heterocycles. The van der Waals surface area contributed by atoms with Gasteiger partial charge in [-0.1, -0.05) is 119 Å². The molecular weight excluding hydrogens is 488 g/mol. The predicted molar refractivity (Wildman–Crippen MR) is 145 cm³/mol. The van der Waals surface area contributed by atoms with Crippen molar-refractivity contribution in [1.82, 2.24) is 0 Å². The molecule has 2 aromatic rings. The molecule has 2 rings (SSSR count). The highest BCUT2D eigenvalue weighted by atomic mass is 17.3. The largest absolute Gasteiger partial charge is 0.371 e. The third-order valence-electron chi connectivity index (χ3n) is 6.55. The van der Waals surface area contributed by atoms with Crippen molar-refractivity contribution in [2.75, 3.05) is 0 Å². The molecule has 38 heavy (non-hydrogen) atoms. The summed E-state index contributed by atoms with van der Waals surface area (Å²) in [6.07, 6.45) is 0. The van der Waals surface area contributed by atoms with Crippen LogP contribution in [0.1, 0.15) is 116 Å². The standard InChI is InChI=1S/C30H46O8/c1-25(2,3)19-15-13-17-21(23(19)27(7,8)9)29(31,36-32)35-30(37-33,38-34)22-18-14-16-20(26(4,5)6)24(22)28(10,11)12/h13-18,31-34H,1-12H3. The summed E-state index contributed by atoms with van der Waals surface area (Å²) in [7, 11) is 0. The van der Waals surface area contributed by atoms with E-state index in [1.807, 2.05) is 95.2 Å². The summed E-state index contributed by atoms with van der Waals surface area (Å²) in [6.45, 7) is 23.8. The molecule has 0 aliphatic rings. The van der Waals surface area contributed by atoms with E-state index in [4.69, 9.17) is 4.74 Å². The van der Waals surface area contributed by atoms with E-state index in [2.05, 4.69) is 14.7 Å². The van der Waals surface area contributed by atoms with Crippen LogP contribution in [0.25, 0.3) is 0 Å². The lowest BCUT2D eigenvalue weighted by atomic mass is 9.72. The van der Waals surface area contributed by atoms with Gasteiger partial charge >= 0.3 is 11.9 Å². The van der Waals surface area contributed by atoms with Crippen LogP contribution in [0.4, 0.5) is 0 Å². The van der Waals surface area contributed by atoms with Gasteiger partial charge in [0.25, 0.3) is 0 Å². The van der Waals surface area contributed by atoms with Gasteiger partial charge in [-0.15, -0.1) is 0 Å². The van der Waals surface area contributed by atoms with Crippen LogP contribution in [0.3, 0.4) is 0 Å². The van der Waals surface area contributed by atoms with Gasteiger partial charge in [0.05, 0.1) is 5.56 Å². The molecule has 214 valence electrons. The molecule has 0 bridgehead atoms. The van der Waals surface area contributed by atoms with Crippen molar-refractivity contribution in [3.63, 3.8) is 0 Å². The van der Waals surface area contributed by atoms with Gasteiger partial charge in [0.1, 0.15) is 0 Å². The minimum Gasteiger partial charge on any atom is -0.337 e. The molecule has 0 saturated heterocycles. The molecule has 2 aromatic carbocycles. The second kappa shape index (κ2) is 10.6. The predicted octanol–water partition coefficient (Wildman–Crippen LogP) is 7.28. The van der Waals surface area contributed by atoms with Crippen molar-refractivity contribution in [2.24, 2.45) is 0 Å². The molecule has 4 N–H and O–H groups in total. The average molecular weight is 535 g/mol. The van der Waals surface area contributed by atoms with Gasteiger partial charge in [-0.05, 0) is 43.9 Å². The molecule has 0 fully saturated rings. The third kappa shape index (κ3) is 6.29. The zero-order valence-corrected chi connectivity index (χ0v) is 24.9. The maximum atomic E-state index is 11.7. The lowest BCUT2D eigenvalue weighted by Gasteiger charge is -2.41. The Balaban J connectivity index is 2.95. The fourth-order valence-corrected chi connectivity index (χ4v) is 5.00. The van der Waals surface area contributed by atoms with Crippen LogP contribution in [-0.4, -0.2) is 20.9 Å². The summed E-state index contributed by atoms with van der Waals surface area (Å²) in [5, 5.41) is 42.2. The Morgan fingerprint density at radius 2 is 0.816 bits per heavy atom. The SMILES string of the molecule is CC(C)(C)c1cccc(C(O)(OO)OC(OO)(OO)c2cccc(C(C)(C)C)c2C(C)(C)C)c1C(C)(C)C. The first-order valence-corrected chi connectivity index (χ1v) is 12.8. The molecule has 1 unspecified atom stereocenters. The smallest absolute Gasteiger partial charge is 0.337 e. The Labute approximate surface area is 226 Å². The Hall–Kier alpha value is -1.88. The van der Waals surface area contributed by atoms with Crippen LogP contribution in [0, 0.1) is 0 Å². The van der Waals surface area contributed by atoms with Gasteiger partial charge in [-0.2, -0.15) is 14.7 Å². The highest BCUT2D eigenvalue weighted by Crippen LogP contribution is 2.47. The van der Waals surface area contributed by atoms with Gasteiger partial charge in [-0.3, -0.25) is 4.74 Å². The molecule has 0 aliphatic heterocycles. The van der Waals surface area contributed by atoms with Crippen molar-refractivity contribution >= 4 is 0 Å². The maximum absolute atomic E-state index is 11.7. The highest BCUT2D eigenvalue weighted by Gasteiger charge is 2.53. The lowest BCUT2D eigenvalue weighted by molar-refractivity contribution is -0.640. The van der Waals surface area contributed by atoms with Crippen molar-refractivity contribution in [2.45, 2.75) is 117 Å². The quantitative estimate of drug-likeness (QED) is 0.166. The monoisotopic (exact) mass is 534 g/mol. The molecule has 0 saturated carbocycles. The Morgan fingerprint density at radius 1 is 0.474 bits per heavy atom. The minimum absolute atomic E-state index is 0.0442. The van der Waals surface area contributed by atoms with Crippen LogP contribution in [0.15, 0.2) is 36.4 Å². The molecule has 0 aromatic heterocycles. The summed E-state index contributed by atoms with van der Waals surface area (Å²) in [5.41, 5.74) is 1.28. The summed E-state index contributed by atoms with van der Waals surface area (Å²) < 4.78 is 5.79. The second-order valence-corrected chi connectivity index (χ2v) is 14.0. The summed E-state index contributed by atoms with van der Waals surface area (Å²) in [4.78, 5) is 13.9. The third-order valence-corrected chi connectivity index (χ3v) is 6.55. The Kier molecular flexibility index (Phi) is 9.02. The van der Waals surface area contributed by atoms with Crippen LogP contribution in [0.5, 0.6) is 0 Å². The Morgan fingerprint density at radius 3 is 1.13 bits per heavy atom. The van der Waals surface area contributed by atoms with Gasteiger partial charge in [0.15, 0.2) is 0 Å². The van der Waals surface area contributed by atoms with Crippen molar-refractivity contribution in [1.29, 1.82) is 0 Å². The minimum atomic E-state index is -2.94. The van der Waals surface area contributed by atoms with Crippen LogP contribution >= 0.6 is 0 Å². The molecule has 0 radical (unpaired) electrons. The van der Waals surface area contributed by atoms with Crippen LogP contribution < -0.4 is 0 Å². The van der Waals surface area contributed by atoms with Gasteiger partial charge in [-0.25, -0.2) is 15.8 Å². The number of hydrogen-bond donors (Lipinski definition) is 4. The van der Waals surface area contributed by atoms with Crippen molar-refractivity contribution in [3.05, 3.63) is 69.8 Å². The van der Waals surface area contributed by atoms with Crippen LogP contribution in [0.2, 0.25) is 0 Å². The Bertz CT molecular complexity index is 1110. The van der Waals surface area contributed by atoms with E-state index in [9.17, 15) is 20.9 Å². The average Bonchev–Trinajstić information content (AvgIpc) is 2.79. The van der Waals surface area contributed by atoms with E-state index in [0.717, 1.165) is 11.1 Å². The van der Waals surface area contributed by atoms with E-state index in [-0.39, 0.29) is 22.0 Å². The molecular formula is C30H46O8. The topological polar surface area (TPSA) is 118 Å². The summed E-state index contributed by atoms with van der Waals surface area (Å²) in [5.74, 6) is -5.75. The lowest BCUT2D eigenvalue weighted by Crippen LogP contribution is -2.47. The molecule has 1 atom stereocenters. The number of benzene rings is 2. The van der Waals surface area contributed by atoms with E-state index in [1.165, 1.54) is 12.1 Å². The van der Waals surface area contributed by atoms with Gasteiger partial charge in [0.2, 0.25) is 0 Å². The fourth-order valence-electron chi connectivity index (χ4n) is 5.00. The summed E-state index contributed by atoms with van der Waals surface area (Å²) in [6, 6.07) is 10.3. The zero-order chi connectivity index (χ0) is 29.5. The normalized spacial score (nSPS) is 15.5. The number of ether oxygens (including phenoxy) is 1. The summed E-state index contributed by atoms with van der Waals surface area (Å²) >= 11 is 0. The number of rotatable bonds is 7. The molecule has 8 nitrogen and oxygen atoms in total. The fraction of sp³-hybridized carbons (Fsp3) is 0.600. The first-order chi connectivity index (χ1) is 17.1. The van der Waals surface area contributed by atoms with Crippen molar-refractivity contribution < 1.29 is 40.3 Å². The second-order valence-electron chi connectivity index (χ2n) is 14.0. The first-order valence-electron chi connectivity index (χ1n) is 12.8. The molecule has 0 amide bonds. The maximum Gasteiger partial charge on any atom is 0.371 e. The van der Waals surface area contributed by atoms with E-state index < -0.39 is 22.8 Å². The zero-order valence-electron chi connectivity index (χ0n) is 24.9. The first kappa shape index (κ1) is 32.3. The van der Waals surface area contributed by atoms with E-state index >= 15 is 0 Å². The van der Waals surface area contributed by atoms with Crippen molar-refractivity contribution in [3.8, 4) is 0 Å². The van der Waals surface area contributed by atoms with E-state index in [0.29, 0.717) is 11.1 Å². The molecule has 0 spiro atoms. The highest BCUT2D eigenvalue weighted by molar-refractivity contribution is 5.47. The van der Waals surface area contributed by atoms with Crippen LogP contribution in [-0.2, 0) is 53.0 Å². The number of hydrogen-bond acceptors (Lipinski definition) is 8. The molecule has 0 aliphatic carbocycles. The van der Waals surface area contributed by atoms with E-state index in [1.54, 1.807) is 12.1 Å². The number of aliphatic hydroxyl groups is 1. The van der Waals surface area contributed by atoms with Gasteiger partial charge in [0, 0.05) is 5.56 Å². The molecule has 8 heteroatoms.